The van der Waals surface area contributed by atoms with Crippen LogP contribution in [0.4, 0.5) is 20.2 Å². The molecule has 0 saturated carbocycles. The number of nitrogens with one attached hydrogen (secondary N) is 1. The highest BCUT2D eigenvalue weighted by molar-refractivity contribution is 5.95. The molecule has 0 unspecified atom stereocenters. The first-order valence-corrected chi connectivity index (χ1v) is 10.5. The van der Waals surface area contributed by atoms with Gasteiger partial charge in [0.1, 0.15) is 11.6 Å². The topological polar surface area (TPSA) is 61.9 Å². The van der Waals surface area contributed by atoms with E-state index in [1.54, 1.807) is 0 Å². The second-order valence-corrected chi connectivity index (χ2v) is 7.83. The van der Waals surface area contributed by atoms with Gasteiger partial charge in [-0.2, -0.15) is 0 Å². The molecule has 4 rings (SSSR count). The fourth-order valence-corrected chi connectivity index (χ4v) is 4.00. The van der Waals surface area contributed by atoms with E-state index in [0.717, 1.165) is 36.6 Å². The van der Waals surface area contributed by atoms with Gasteiger partial charge in [-0.3, -0.25) is 9.59 Å². The molecule has 1 N–H and O–H groups in total. The monoisotopic (exact) mass is 429 g/mol. The van der Waals surface area contributed by atoms with Crippen molar-refractivity contribution in [2.24, 2.45) is 5.92 Å². The fourth-order valence-electron chi connectivity index (χ4n) is 4.00. The molecule has 164 valence electrons. The zero-order valence-corrected chi connectivity index (χ0v) is 17.2. The Balaban J connectivity index is 1.29. The summed E-state index contributed by atoms with van der Waals surface area (Å²) in [6.45, 7) is 3.84. The van der Waals surface area contributed by atoms with Gasteiger partial charge in [0.25, 0.3) is 5.91 Å². The number of piperidine rings is 1. The number of carbonyl (C=O) groups excluding carboxylic acids is 2. The molecule has 31 heavy (non-hydrogen) atoms. The first-order chi connectivity index (χ1) is 15.0. The summed E-state index contributed by atoms with van der Waals surface area (Å²) in [6.07, 6.45) is 0.985. The van der Waals surface area contributed by atoms with Crippen molar-refractivity contribution in [2.45, 2.75) is 12.8 Å². The van der Waals surface area contributed by atoms with E-state index in [-0.39, 0.29) is 17.4 Å². The number of carbonyl (C=O) groups is 2. The van der Waals surface area contributed by atoms with Crippen molar-refractivity contribution in [3.63, 3.8) is 0 Å². The predicted molar refractivity (Wildman–Crippen MR) is 113 cm³/mol. The smallest absolute Gasteiger partial charge is 0.256 e. The zero-order chi connectivity index (χ0) is 21.8. The lowest BCUT2D eigenvalue weighted by molar-refractivity contribution is -0.121. The van der Waals surface area contributed by atoms with Gasteiger partial charge in [0, 0.05) is 49.5 Å². The van der Waals surface area contributed by atoms with Gasteiger partial charge in [-0.1, -0.05) is 0 Å². The van der Waals surface area contributed by atoms with Crippen LogP contribution in [0.15, 0.2) is 42.5 Å². The molecule has 0 spiro atoms. The lowest BCUT2D eigenvalue weighted by atomic mass is 9.95. The van der Waals surface area contributed by atoms with Gasteiger partial charge < -0.3 is 19.9 Å². The third-order valence-electron chi connectivity index (χ3n) is 5.83. The molecular weight excluding hydrogens is 404 g/mol. The SMILES string of the molecule is O=C(Nc1ccc(N2CCOCC2)cc1)C1CCN(C(=O)c2ccc(F)cc2F)CC1. The Bertz CT molecular complexity index is 938. The van der Waals surface area contributed by atoms with Crippen molar-refractivity contribution in [3.05, 3.63) is 59.7 Å². The number of ether oxygens (including phenoxy) is 1. The minimum atomic E-state index is -0.870. The molecule has 2 heterocycles. The highest BCUT2D eigenvalue weighted by Gasteiger charge is 2.29. The minimum Gasteiger partial charge on any atom is -0.378 e. The maximum absolute atomic E-state index is 13.9. The van der Waals surface area contributed by atoms with Crippen LogP contribution in [0, 0.1) is 17.6 Å². The molecule has 0 atom stereocenters. The van der Waals surface area contributed by atoms with E-state index in [1.807, 2.05) is 24.3 Å². The number of halogens is 2. The van der Waals surface area contributed by atoms with Crippen LogP contribution in [0.25, 0.3) is 0 Å². The molecule has 0 aromatic heterocycles. The number of amides is 2. The van der Waals surface area contributed by atoms with E-state index in [2.05, 4.69) is 10.2 Å². The van der Waals surface area contributed by atoms with Crippen molar-refractivity contribution in [1.29, 1.82) is 0 Å². The van der Waals surface area contributed by atoms with Crippen molar-refractivity contribution in [3.8, 4) is 0 Å². The van der Waals surface area contributed by atoms with Gasteiger partial charge in [0.05, 0.1) is 18.8 Å². The summed E-state index contributed by atoms with van der Waals surface area (Å²) in [4.78, 5) is 28.9. The fraction of sp³-hybridized carbons (Fsp3) is 0.391. The Morgan fingerprint density at radius 2 is 1.61 bits per heavy atom. The Morgan fingerprint density at radius 1 is 0.935 bits per heavy atom. The highest BCUT2D eigenvalue weighted by Crippen LogP contribution is 2.23. The average Bonchev–Trinajstić information content (AvgIpc) is 2.80. The van der Waals surface area contributed by atoms with Crippen LogP contribution in [-0.2, 0) is 9.53 Å². The molecule has 6 nitrogen and oxygen atoms in total. The molecule has 0 bridgehead atoms. The lowest BCUT2D eigenvalue weighted by Gasteiger charge is -2.31. The third-order valence-corrected chi connectivity index (χ3v) is 5.83. The Kier molecular flexibility index (Phi) is 6.46. The molecule has 2 aliphatic rings. The summed E-state index contributed by atoms with van der Waals surface area (Å²) in [5.41, 5.74) is 1.68. The number of likely N-dealkylation sites (tertiary alicyclic amines) is 1. The van der Waals surface area contributed by atoms with E-state index < -0.39 is 17.5 Å². The Labute approximate surface area is 179 Å². The number of benzene rings is 2. The van der Waals surface area contributed by atoms with E-state index in [0.29, 0.717) is 45.2 Å². The lowest BCUT2D eigenvalue weighted by Crippen LogP contribution is -2.41. The van der Waals surface area contributed by atoms with Crippen molar-refractivity contribution in [1.82, 2.24) is 4.90 Å². The molecule has 2 aromatic carbocycles. The van der Waals surface area contributed by atoms with Crippen molar-refractivity contribution in [2.75, 3.05) is 49.6 Å². The van der Waals surface area contributed by atoms with Crippen LogP contribution in [0.1, 0.15) is 23.2 Å². The molecule has 0 radical (unpaired) electrons. The molecular formula is C23H25F2N3O3. The van der Waals surface area contributed by atoms with Gasteiger partial charge in [-0.25, -0.2) is 8.78 Å². The molecule has 0 aliphatic carbocycles. The van der Waals surface area contributed by atoms with Gasteiger partial charge in [-0.15, -0.1) is 0 Å². The third kappa shape index (κ3) is 5.02. The highest BCUT2D eigenvalue weighted by atomic mass is 19.1. The molecule has 2 amide bonds. The molecule has 2 fully saturated rings. The van der Waals surface area contributed by atoms with E-state index >= 15 is 0 Å². The predicted octanol–water partition coefficient (Wildman–Crippen LogP) is 3.29. The summed E-state index contributed by atoms with van der Waals surface area (Å²) < 4.78 is 32.3. The maximum atomic E-state index is 13.9. The molecule has 8 heteroatoms. The van der Waals surface area contributed by atoms with Gasteiger partial charge in [-0.05, 0) is 49.2 Å². The van der Waals surface area contributed by atoms with Gasteiger partial charge >= 0.3 is 0 Å². The standard InChI is InChI=1S/C23H25F2N3O3/c24-17-1-6-20(21(25)15-17)23(30)28-9-7-16(8-10-28)22(29)26-18-2-4-19(5-3-18)27-11-13-31-14-12-27/h1-6,15-16H,7-14H2,(H,26,29). The largest absolute Gasteiger partial charge is 0.378 e. The van der Waals surface area contributed by atoms with Crippen LogP contribution in [0.2, 0.25) is 0 Å². The second kappa shape index (κ2) is 9.43. The maximum Gasteiger partial charge on any atom is 0.256 e. The quantitative estimate of drug-likeness (QED) is 0.810. The second-order valence-electron chi connectivity index (χ2n) is 7.83. The van der Waals surface area contributed by atoms with Crippen molar-refractivity contribution >= 4 is 23.2 Å². The summed E-state index contributed by atoms with van der Waals surface area (Å²) in [7, 11) is 0. The first-order valence-electron chi connectivity index (χ1n) is 10.5. The summed E-state index contributed by atoms with van der Waals surface area (Å²) >= 11 is 0. The molecule has 2 aliphatic heterocycles. The average molecular weight is 429 g/mol. The van der Waals surface area contributed by atoms with Crippen LogP contribution in [0.3, 0.4) is 0 Å². The van der Waals surface area contributed by atoms with Crippen molar-refractivity contribution < 1.29 is 23.1 Å². The number of nitrogens with zero attached hydrogens (tertiary/aromatic N) is 2. The van der Waals surface area contributed by atoms with Crippen LogP contribution in [0.5, 0.6) is 0 Å². The van der Waals surface area contributed by atoms with E-state index in [1.165, 1.54) is 4.90 Å². The first kappa shape index (κ1) is 21.2. The van der Waals surface area contributed by atoms with Crippen LogP contribution < -0.4 is 10.2 Å². The normalized spacial score (nSPS) is 17.5. The minimum absolute atomic E-state index is 0.0841. The van der Waals surface area contributed by atoms with E-state index in [9.17, 15) is 18.4 Å². The summed E-state index contributed by atoms with van der Waals surface area (Å²) in [5.74, 6) is -2.37. The van der Waals surface area contributed by atoms with Crippen LogP contribution in [-0.4, -0.2) is 56.1 Å². The zero-order valence-electron chi connectivity index (χ0n) is 17.2. The summed E-state index contributed by atoms with van der Waals surface area (Å²) in [5, 5.41) is 2.95. The Morgan fingerprint density at radius 3 is 2.26 bits per heavy atom. The van der Waals surface area contributed by atoms with Crippen LogP contribution >= 0.6 is 0 Å². The number of hydrogen-bond donors (Lipinski definition) is 1. The molecule has 2 saturated heterocycles. The van der Waals surface area contributed by atoms with Gasteiger partial charge in [0.2, 0.25) is 5.91 Å². The van der Waals surface area contributed by atoms with E-state index in [4.69, 9.17) is 4.74 Å². The number of hydrogen-bond acceptors (Lipinski definition) is 4. The van der Waals surface area contributed by atoms with Gasteiger partial charge in [0.15, 0.2) is 0 Å². The Hall–Kier alpha value is -3.00. The molecule has 2 aromatic rings. The summed E-state index contributed by atoms with van der Waals surface area (Å²) in [6, 6.07) is 10.7. The number of anilines is 2. The number of rotatable bonds is 4. The number of morpholine rings is 1.